The molecule has 7 nitrogen and oxygen atoms in total. The molecule has 0 radical (unpaired) electrons. The number of nitrogens with zero attached hydrogens (tertiary/aromatic N) is 2. The van der Waals surface area contributed by atoms with E-state index in [0.717, 1.165) is 24.2 Å². The molecule has 0 aromatic heterocycles. The molecule has 2 fully saturated rings. The maximum absolute atomic E-state index is 12.0. The molecule has 0 saturated carbocycles. The number of carbonyl (C=O) groups excluding carboxylic acids is 4. The monoisotopic (exact) mass is 267 g/mol. The van der Waals surface area contributed by atoms with Crippen molar-refractivity contribution in [2.24, 2.45) is 5.92 Å². The van der Waals surface area contributed by atoms with Crippen LogP contribution in [0.5, 0.6) is 0 Å². The summed E-state index contributed by atoms with van der Waals surface area (Å²) in [7, 11) is 0. The Morgan fingerprint density at radius 1 is 1.21 bits per heavy atom. The van der Waals surface area contributed by atoms with Gasteiger partial charge in [-0.2, -0.15) is 0 Å². The number of likely N-dealkylation sites (tertiary alicyclic amines) is 1. The highest BCUT2D eigenvalue weighted by molar-refractivity contribution is 6.16. The molecule has 2 rings (SSSR count). The fourth-order valence-corrected chi connectivity index (χ4v) is 2.26. The van der Waals surface area contributed by atoms with E-state index in [-0.39, 0.29) is 12.5 Å². The molecule has 0 aromatic rings. The summed E-state index contributed by atoms with van der Waals surface area (Å²) in [5.41, 5.74) is 0. The maximum atomic E-state index is 12.0. The normalized spacial score (nSPS) is 24.5. The summed E-state index contributed by atoms with van der Waals surface area (Å²) >= 11 is 0. The molecule has 0 aromatic carbocycles. The molecule has 2 saturated heterocycles. The van der Waals surface area contributed by atoms with Gasteiger partial charge in [0.25, 0.3) is 0 Å². The first-order valence-electron chi connectivity index (χ1n) is 6.44. The Kier molecular flexibility index (Phi) is 3.82. The fraction of sp³-hybridized carbons (Fsp3) is 0.667. The summed E-state index contributed by atoms with van der Waals surface area (Å²) in [5, 5.41) is 2.07. The first-order valence-corrected chi connectivity index (χ1v) is 6.44. The van der Waals surface area contributed by atoms with Crippen molar-refractivity contribution in [3.8, 4) is 0 Å². The summed E-state index contributed by atoms with van der Waals surface area (Å²) in [5.74, 6) is -2.40. The lowest BCUT2D eigenvalue weighted by Gasteiger charge is -2.32. The van der Waals surface area contributed by atoms with Crippen molar-refractivity contribution in [1.82, 2.24) is 15.1 Å². The number of piperidine rings is 1. The number of urea groups is 1. The predicted molar refractivity (Wildman–Crippen MR) is 64.8 cm³/mol. The lowest BCUT2D eigenvalue weighted by molar-refractivity contribution is -0.146. The van der Waals surface area contributed by atoms with E-state index in [9.17, 15) is 19.2 Å². The zero-order valence-electron chi connectivity index (χ0n) is 10.8. The Balaban J connectivity index is 2.00. The number of imide groups is 2. The van der Waals surface area contributed by atoms with Gasteiger partial charge in [-0.05, 0) is 26.2 Å². The number of amides is 5. The molecular weight excluding hydrogens is 250 g/mol. The molecule has 5 amide bonds. The predicted octanol–water partition coefficient (Wildman–Crippen LogP) is -0.287. The van der Waals surface area contributed by atoms with Gasteiger partial charge in [0.05, 0.1) is 0 Å². The van der Waals surface area contributed by atoms with Crippen LogP contribution in [0.15, 0.2) is 0 Å². The standard InChI is InChI=1S/C12H17N3O4/c1-8-10(17)13-12(19)15(11(8)18)7-9(16)14-5-3-2-4-6-14/h8H,2-7H2,1H3,(H,13,17,19). The van der Waals surface area contributed by atoms with Crippen LogP contribution in [-0.2, 0) is 14.4 Å². The van der Waals surface area contributed by atoms with Crippen LogP contribution in [0.3, 0.4) is 0 Å². The highest BCUT2D eigenvalue weighted by Crippen LogP contribution is 2.12. The first kappa shape index (κ1) is 13.5. The van der Waals surface area contributed by atoms with Gasteiger partial charge in [0.15, 0.2) is 0 Å². The lowest BCUT2D eigenvalue weighted by atomic mass is 10.1. The molecule has 2 aliphatic heterocycles. The summed E-state index contributed by atoms with van der Waals surface area (Å²) < 4.78 is 0. The number of barbiturate groups is 1. The van der Waals surface area contributed by atoms with E-state index in [4.69, 9.17) is 0 Å². The molecule has 104 valence electrons. The van der Waals surface area contributed by atoms with Crippen LogP contribution in [0, 0.1) is 5.92 Å². The molecule has 0 spiro atoms. The van der Waals surface area contributed by atoms with Crippen molar-refractivity contribution in [2.75, 3.05) is 19.6 Å². The quantitative estimate of drug-likeness (QED) is 0.697. The van der Waals surface area contributed by atoms with Crippen LogP contribution in [-0.4, -0.2) is 53.2 Å². The Morgan fingerprint density at radius 2 is 1.84 bits per heavy atom. The first-order chi connectivity index (χ1) is 9.00. The Morgan fingerprint density at radius 3 is 2.47 bits per heavy atom. The van der Waals surface area contributed by atoms with Gasteiger partial charge in [0.1, 0.15) is 12.5 Å². The van der Waals surface area contributed by atoms with Crippen LogP contribution in [0.25, 0.3) is 0 Å². The third kappa shape index (κ3) is 2.74. The van der Waals surface area contributed by atoms with Crippen LogP contribution in [0.1, 0.15) is 26.2 Å². The van der Waals surface area contributed by atoms with Gasteiger partial charge in [-0.25, -0.2) is 4.79 Å². The van der Waals surface area contributed by atoms with Crippen molar-refractivity contribution in [1.29, 1.82) is 0 Å². The van der Waals surface area contributed by atoms with Crippen molar-refractivity contribution >= 4 is 23.8 Å². The van der Waals surface area contributed by atoms with Gasteiger partial charge in [0, 0.05) is 13.1 Å². The Bertz CT molecular complexity index is 429. The average molecular weight is 267 g/mol. The Labute approximate surface area is 110 Å². The van der Waals surface area contributed by atoms with Crippen molar-refractivity contribution in [2.45, 2.75) is 26.2 Å². The van der Waals surface area contributed by atoms with E-state index in [1.165, 1.54) is 6.92 Å². The highest BCUT2D eigenvalue weighted by atomic mass is 16.2. The third-order valence-electron chi connectivity index (χ3n) is 3.51. The van der Waals surface area contributed by atoms with Crippen molar-refractivity contribution in [3.05, 3.63) is 0 Å². The molecular formula is C12H17N3O4. The van der Waals surface area contributed by atoms with Crippen LogP contribution < -0.4 is 5.32 Å². The smallest absolute Gasteiger partial charge is 0.331 e. The SMILES string of the molecule is CC1C(=O)NC(=O)N(CC(=O)N2CCCCC2)C1=O. The second kappa shape index (κ2) is 5.38. The number of rotatable bonds is 2. The summed E-state index contributed by atoms with van der Waals surface area (Å²) in [4.78, 5) is 49.2. The van der Waals surface area contributed by atoms with Gasteiger partial charge in [-0.1, -0.05) is 0 Å². The van der Waals surface area contributed by atoms with Crippen LogP contribution in [0.4, 0.5) is 4.79 Å². The van der Waals surface area contributed by atoms with E-state index in [1.54, 1.807) is 4.90 Å². The molecule has 0 aliphatic carbocycles. The minimum Gasteiger partial charge on any atom is -0.341 e. The molecule has 19 heavy (non-hydrogen) atoms. The number of hydrogen-bond acceptors (Lipinski definition) is 4. The molecule has 1 atom stereocenters. The van der Waals surface area contributed by atoms with E-state index in [0.29, 0.717) is 13.1 Å². The van der Waals surface area contributed by atoms with Crippen molar-refractivity contribution < 1.29 is 19.2 Å². The van der Waals surface area contributed by atoms with E-state index in [2.05, 4.69) is 5.32 Å². The zero-order chi connectivity index (χ0) is 14.0. The largest absolute Gasteiger partial charge is 0.341 e. The van der Waals surface area contributed by atoms with Gasteiger partial charge in [0.2, 0.25) is 17.7 Å². The average Bonchev–Trinajstić information content (AvgIpc) is 2.42. The second-order valence-corrected chi connectivity index (χ2v) is 4.88. The van der Waals surface area contributed by atoms with Gasteiger partial charge >= 0.3 is 6.03 Å². The van der Waals surface area contributed by atoms with Crippen molar-refractivity contribution in [3.63, 3.8) is 0 Å². The molecule has 0 bridgehead atoms. The van der Waals surface area contributed by atoms with Gasteiger partial charge in [-0.3, -0.25) is 24.6 Å². The summed E-state index contributed by atoms with van der Waals surface area (Å²) in [6, 6.07) is -0.807. The zero-order valence-corrected chi connectivity index (χ0v) is 10.8. The minimum atomic E-state index is -0.924. The molecule has 1 unspecified atom stereocenters. The third-order valence-corrected chi connectivity index (χ3v) is 3.51. The van der Waals surface area contributed by atoms with Crippen LogP contribution >= 0.6 is 0 Å². The molecule has 7 heteroatoms. The summed E-state index contributed by atoms with van der Waals surface area (Å²) in [6.45, 7) is 2.46. The number of carbonyl (C=O) groups is 4. The second-order valence-electron chi connectivity index (χ2n) is 4.88. The van der Waals surface area contributed by atoms with E-state index in [1.807, 2.05) is 0 Å². The molecule has 2 aliphatic rings. The van der Waals surface area contributed by atoms with Crippen LogP contribution in [0.2, 0.25) is 0 Å². The van der Waals surface area contributed by atoms with E-state index >= 15 is 0 Å². The highest BCUT2D eigenvalue weighted by Gasteiger charge is 2.38. The molecule has 2 heterocycles. The minimum absolute atomic E-state index is 0.246. The number of nitrogens with one attached hydrogen (secondary N) is 1. The number of hydrogen-bond donors (Lipinski definition) is 1. The van der Waals surface area contributed by atoms with E-state index < -0.39 is 23.8 Å². The van der Waals surface area contributed by atoms with Gasteiger partial charge < -0.3 is 4.90 Å². The maximum Gasteiger partial charge on any atom is 0.331 e. The molecule has 1 N–H and O–H groups in total. The lowest BCUT2D eigenvalue weighted by Crippen LogP contribution is -2.59. The topological polar surface area (TPSA) is 86.8 Å². The Hall–Kier alpha value is -1.92. The fourth-order valence-electron chi connectivity index (χ4n) is 2.26. The summed E-state index contributed by atoms with van der Waals surface area (Å²) in [6.07, 6.45) is 2.99. The van der Waals surface area contributed by atoms with Gasteiger partial charge in [-0.15, -0.1) is 0 Å².